The SMILES string of the molecule is C=CC=C.C=Cc1ccccc1.CC=Cc1ccccc1. The highest BCUT2D eigenvalue weighted by atomic mass is 13.8. The van der Waals surface area contributed by atoms with Crippen LogP contribution in [0.1, 0.15) is 18.1 Å². The Kier molecular flexibility index (Phi) is 12.1. The van der Waals surface area contributed by atoms with E-state index in [4.69, 9.17) is 0 Å². The number of benzene rings is 2. The van der Waals surface area contributed by atoms with E-state index >= 15 is 0 Å². The molecule has 0 spiro atoms. The molecule has 0 radical (unpaired) electrons. The van der Waals surface area contributed by atoms with Gasteiger partial charge in [-0.25, -0.2) is 0 Å². The van der Waals surface area contributed by atoms with Gasteiger partial charge in [0.05, 0.1) is 0 Å². The van der Waals surface area contributed by atoms with Crippen LogP contribution in [0.4, 0.5) is 0 Å². The zero-order chi connectivity index (χ0) is 15.8. The minimum atomic E-state index is 1.17. The predicted octanol–water partition coefficient (Wildman–Crippen LogP) is 6.41. The lowest BCUT2D eigenvalue weighted by molar-refractivity contribution is 1.64. The Hall–Kier alpha value is -2.60. The van der Waals surface area contributed by atoms with Crippen LogP contribution in [-0.2, 0) is 0 Å². The van der Waals surface area contributed by atoms with Gasteiger partial charge in [-0.2, -0.15) is 0 Å². The smallest absolute Gasteiger partial charge is 0.0260 e. The van der Waals surface area contributed by atoms with Gasteiger partial charge in [-0.05, 0) is 18.1 Å². The number of allylic oxidation sites excluding steroid dienone is 3. The average molecular weight is 276 g/mol. The summed E-state index contributed by atoms with van der Waals surface area (Å²) >= 11 is 0. The van der Waals surface area contributed by atoms with Gasteiger partial charge in [0.2, 0.25) is 0 Å². The van der Waals surface area contributed by atoms with Gasteiger partial charge in [-0.3, -0.25) is 0 Å². The van der Waals surface area contributed by atoms with Gasteiger partial charge >= 0.3 is 0 Å². The second-order valence-electron chi connectivity index (χ2n) is 4.00. The van der Waals surface area contributed by atoms with Crippen LogP contribution >= 0.6 is 0 Å². The molecule has 0 saturated carbocycles. The summed E-state index contributed by atoms with van der Waals surface area (Å²) in [7, 11) is 0. The monoisotopic (exact) mass is 276 g/mol. The molecule has 0 bridgehead atoms. The number of rotatable bonds is 3. The van der Waals surface area contributed by atoms with E-state index in [9.17, 15) is 0 Å². The fourth-order valence-electron chi connectivity index (χ4n) is 1.35. The van der Waals surface area contributed by atoms with Crippen LogP contribution in [0.2, 0.25) is 0 Å². The normalized spacial score (nSPS) is 8.62. The first-order valence-electron chi connectivity index (χ1n) is 6.87. The highest BCUT2D eigenvalue weighted by Crippen LogP contribution is 1.99. The zero-order valence-electron chi connectivity index (χ0n) is 12.8. The molecule has 0 heterocycles. The molecular formula is C21H24. The Morgan fingerprint density at radius 1 is 0.667 bits per heavy atom. The maximum absolute atomic E-state index is 3.63. The second kappa shape index (κ2) is 13.8. The van der Waals surface area contributed by atoms with Crippen LogP contribution in [0.15, 0.2) is 98.6 Å². The lowest BCUT2D eigenvalue weighted by Gasteiger charge is -1.86. The van der Waals surface area contributed by atoms with Crippen LogP contribution in [0.5, 0.6) is 0 Å². The van der Waals surface area contributed by atoms with Crippen molar-refractivity contribution in [2.75, 3.05) is 0 Å². The average Bonchev–Trinajstić information content (AvgIpc) is 2.58. The largest absolute Gasteiger partial charge is 0.0991 e. The molecule has 0 aromatic heterocycles. The Balaban J connectivity index is 0.000000308. The maximum atomic E-state index is 3.63. The third-order valence-electron chi connectivity index (χ3n) is 2.36. The topological polar surface area (TPSA) is 0 Å². The molecule has 0 aliphatic heterocycles. The molecule has 0 aliphatic carbocycles. The highest BCUT2D eigenvalue weighted by molar-refractivity contribution is 5.48. The van der Waals surface area contributed by atoms with E-state index in [1.807, 2.05) is 67.6 Å². The zero-order valence-corrected chi connectivity index (χ0v) is 12.8. The van der Waals surface area contributed by atoms with E-state index in [1.165, 1.54) is 11.1 Å². The van der Waals surface area contributed by atoms with E-state index in [0.29, 0.717) is 0 Å². The van der Waals surface area contributed by atoms with Crippen LogP contribution in [0.25, 0.3) is 12.2 Å². The second-order valence-corrected chi connectivity index (χ2v) is 4.00. The first-order chi connectivity index (χ1) is 10.3. The summed E-state index contributed by atoms with van der Waals surface area (Å²) in [6.07, 6.45) is 9.23. The summed E-state index contributed by atoms with van der Waals surface area (Å²) in [4.78, 5) is 0. The molecule has 0 unspecified atom stereocenters. The molecule has 0 heteroatoms. The van der Waals surface area contributed by atoms with Crippen molar-refractivity contribution in [2.45, 2.75) is 6.92 Å². The van der Waals surface area contributed by atoms with Crippen LogP contribution in [0.3, 0.4) is 0 Å². The van der Waals surface area contributed by atoms with Crippen molar-refractivity contribution in [1.82, 2.24) is 0 Å². The van der Waals surface area contributed by atoms with Crippen molar-refractivity contribution in [3.63, 3.8) is 0 Å². The molecule has 2 aromatic rings. The van der Waals surface area contributed by atoms with Gasteiger partial charge in [-0.15, -0.1) is 0 Å². The molecule has 0 N–H and O–H groups in total. The van der Waals surface area contributed by atoms with Crippen molar-refractivity contribution in [3.05, 3.63) is 110 Å². The summed E-state index contributed by atoms with van der Waals surface area (Å²) in [6.45, 7) is 12.4. The lowest BCUT2D eigenvalue weighted by atomic mass is 10.2. The fraction of sp³-hybridized carbons (Fsp3) is 0.0476. The standard InChI is InChI=1S/C9H10.C8H8.C4H6/c1-2-6-9-7-4-3-5-8-9;1-2-8-6-4-3-5-7-8;1-3-4-2/h2-8H,1H3;2-7H,1H2;3-4H,1-2H2. The van der Waals surface area contributed by atoms with Crippen molar-refractivity contribution < 1.29 is 0 Å². The first kappa shape index (κ1) is 18.4. The van der Waals surface area contributed by atoms with E-state index in [0.717, 1.165) is 0 Å². The van der Waals surface area contributed by atoms with E-state index in [-0.39, 0.29) is 0 Å². The molecule has 21 heavy (non-hydrogen) atoms. The van der Waals surface area contributed by atoms with Crippen LogP contribution < -0.4 is 0 Å². The number of hydrogen-bond acceptors (Lipinski definition) is 0. The van der Waals surface area contributed by atoms with Gasteiger partial charge in [0.25, 0.3) is 0 Å². The quantitative estimate of drug-likeness (QED) is 0.568. The van der Waals surface area contributed by atoms with Gasteiger partial charge < -0.3 is 0 Å². The molecule has 0 amide bonds. The highest BCUT2D eigenvalue weighted by Gasteiger charge is 1.77. The molecule has 0 aliphatic rings. The maximum Gasteiger partial charge on any atom is -0.0260 e. The van der Waals surface area contributed by atoms with Crippen molar-refractivity contribution in [1.29, 1.82) is 0 Å². The molecule has 0 atom stereocenters. The first-order valence-corrected chi connectivity index (χ1v) is 6.87. The Morgan fingerprint density at radius 3 is 1.38 bits per heavy atom. The van der Waals surface area contributed by atoms with E-state index in [2.05, 4.69) is 37.9 Å². The minimum Gasteiger partial charge on any atom is -0.0991 e. The summed E-state index contributed by atoms with van der Waals surface area (Å²) in [5.41, 5.74) is 2.44. The van der Waals surface area contributed by atoms with Crippen molar-refractivity contribution in [2.24, 2.45) is 0 Å². The van der Waals surface area contributed by atoms with Crippen LogP contribution in [-0.4, -0.2) is 0 Å². The summed E-state index contributed by atoms with van der Waals surface area (Å²) in [5, 5.41) is 0. The molecule has 108 valence electrons. The molecule has 0 saturated heterocycles. The number of hydrogen-bond donors (Lipinski definition) is 0. The predicted molar refractivity (Wildman–Crippen MR) is 98.1 cm³/mol. The van der Waals surface area contributed by atoms with Gasteiger partial charge in [0, 0.05) is 0 Å². The van der Waals surface area contributed by atoms with Gasteiger partial charge in [0.15, 0.2) is 0 Å². The van der Waals surface area contributed by atoms with Crippen molar-refractivity contribution in [3.8, 4) is 0 Å². The van der Waals surface area contributed by atoms with Gasteiger partial charge in [-0.1, -0.05) is 111 Å². The summed E-state index contributed by atoms with van der Waals surface area (Å²) in [5.74, 6) is 0. The van der Waals surface area contributed by atoms with E-state index in [1.54, 1.807) is 12.2 Å². The fourth-order valence-corrected chi connectivity index (χ4v) is 1.35. The summed E-state index contributed by atoms with van der Waals surface area (Å²) in [6, 6.07) is 20.3. The van der Waals surface area contributed by atoms with Gasteiger partial charge in [0.1, 0.15) is 0 Å². The molecule has 2 rings (SSSR count). The van der Waals surface area contributed by atoms with Crippen LogP contribution in [0, 0.1) is 0 Å². The summed E-state index contributed by atoms with van der Waals surface area (Å²) < 4.78 is 0. The minimum absolute atomic E-state index is 1.17. The molecule has 0 fully saturated rings. The van der Waals surface area contributed by atoms with Crippen molar-refractivity contribution >= 4 is 12.2 Å². The Bertz CT molecular complexity index is 512. The Morgan fingerprint density at radius 2 is 1.10 bits per heavy atom. The molecular weight excluding hydrogens is 252 g/mol. The molecule has 2 aromatic carbocycles. The molecule has 0 nitrogen and oxygen atoms in total. The third-order valence-corrected chi connectivity index (χ3v) is 2.36. The third kappa shape index (κ3) is 11.0. The lowest BCUT2D eigenvalue weighted by Crippen LogP contribution is -1.65. The Labute approximate surface area is 129 Å². The van der Waals surface area contributed by atoms with E-state index < -0.39 is 0 Å².